The minimum Gasteiger partial charge on any atom is -0.489 e. The molecule has 4 aromatic rings. The molecule has 8 heteroatoms. The number of benzene rings is 2. The average molecular weight is 606 g/mol. The maximum absolute atomic E-state index is 11.6. The molecule has 0 saturated carbocycles. The van der Waals surface area contributed by atoms with Crippen LogP contribution in [0.25, 0.3) is 11.3 Å². The molecule has 2 aromatic heterocycles. The molecule has 224 valence electrons. The summed E-state index contributed by atoms with van der Waals surface area (Å²) in [5, 5.41) is 13.3. The fraction of sp³-hybridized carbons (Fsp3) is 0.441. The first-order chi connectivity index (χ1) is 20.1. The van der Waals surface area contributed by atoms with Crippen molar-refractivity contribution in [3.8, 4) is 17.0 Å². The van der Waals surface area contributed by atoms with Gasteiger partial charge in [0.25, 0.3) is 0 Å². The lowest BCUT2D eigenvalue weighted by molar-refractivity contribution is -0.138. The molecule has 1 N–H and O–H groups in total. The first kappa shape index (κ1) is 31.9. The van der Waals surface area contributed by atoms with E-state index in [-0.39, 0.29) is 12.0 Å². The molecule has 0 fully saturated rings. The van der Waals surface area contributed by atoms with Crippen molar-refractivity contribution in [2.75, 3.05) is 6.54 Å². The quantitative estimate of drug-likeness (QED) is 0.146. The highest BCUT2D eigenvalue weighted by Crippen LogP contribution is 2.30. The maximum Gasteiger partial charge on any atom is 0.317 e. The largest absolute Gasteiger partial charge is 0.489 e. The number of nitrogens with zero attached hydrogens (tertiary/aromatic N) is 3. The Morgan fingerprint density at radius 3 is 2.24 bits per heavy atom. The van der Waals surface area contributed by atoms with E-state index in [1.54, 1.807) is 22.7 Å². The van der Waals surface area contributed by atoms with Crippen molar-refractivity contribution in [3.05, 3.63) is 86.1 Å². The van der Waals surface area contributed by atoms with E-state index in [9.17, 15) is 9.90 Å². The van der Waals surface area contributed by atoms with Gasteiger partial charge in [-0.1, -0.05) is 83.9 Å². The van der Waals surface area contributed by atoms with E-state index in [1.165, 1.54) is 36.1 Å². The predicted molar refractivity (Wildman–Crippen MR) is 173 cm³/mol. The minimum absolute atomic E-state index is 0.0248. The van der Waals surface area contributed by atoms with Gasteiger partial charge in [-0.2, -0.15) is 0 Å². The molecule has 0 aliphatic rings. The molecule has 0 aliphatic heterocycles. The zero-order valence-electron chi connectivity index (χ0n) is 25.4. The molecule has 0 saturated heterocycles. The zero-order chi connectivity index (χ0) is 30.1. The second-order valence-electron chi connectivity index (χ2n) is 11.9. The third-order valence-corrected chi connectivity index (χ3v) is 9.44. The van der Waals surface area contributed by atoms with E-state index < -0.39 is 5.97 Å². The highest BCUT2D eigenvalue weighted by atomic mass is 32.1. The first-order valence-corrected chi connectivity index (χ1v) is 16.5. The van der Waals surface area contributed by atoms with Gasteiger partial charge in [0.05, 0.1) is 25.3 Å². The number of rotatable bonds is 15. The molecule has 2 aromatic carbocycles. The standard InChI is InChI=1S/C34H43N3O3S2/c1-6-8-25(9-7-2)26-14-16-28(17-15-26)40-22-24-10-12-27(13-11-24)29-23-41-32(36-29)20-37(21-33(38)39)19-31-35-18-30(42-31)34(3,4)5/h10-18,23,25H,6-9,19-22H2,1-5H3,(H,38,39). The molecule has 0 amide bonds. The summed E-state index contributed by atoms with van der Waals surface area (Å²) in [4.78, 5) is 24.0. The van der Waals surface area contributed by atoms with Crippen molar-refractivity contribution in [1.82, 2.24) is 14.9 Å². The molecule has 0 atom stereocenters. The highest BCUT2D eigenvalue weighted by molar-refractivity contribution is 7.11. The summed E-state index contributed by atoms with van der Waals surface area (Å²) in [6, 6.07) is 16.9. The smallest absolute Gasteiger partial charge is 0.317 e. The van der Waals surface area contributed by atoms with Crippen molar-refractivity contribution >= 4 is 28.6 Å². The van der Waals surface area contributed by atoms with Gasteiger partial charge in [-0.3, -0.25) is 9.69 Å². The molecule has 0 aliphatic carbocycles. The molecule has 6 nitrogen and oxygen atoms in total. The summed E-state index contributed by atoms with van der Waals surface area (Å²) in [5.74, 6) is 0.662. The molecule has 0 radical (unpaired) electrons. The third kappa shape index (κ3) is 9.21. The molecule has 4 rings (SSSR count). The Labute approximate surface area is 258 Å². The second-order valence-corrected chi connectivity index (χ2v) is 13.9. The van der Waals surface area contributed by atoms with Crippen molar-refractivity contribution in [3.63, 3.8) is 0 Å². The Bertz CT molecular complexity index is 1400. The molecule has 42 heavy (non-hydrogen) atoms. The van der Waals surface area contributed by atoms with Crippen molar-refractivity contribution in [2.24, 2.45) is 0 Å². The summed E-state index contributed by atoms with van der Waals surface area (Å²) in [7, 11) is 0. The van der Waals surface area contributed by atoms with Crippen LogP contribution in [0.2, 0.25) is 0 Å². The van der Waals surface area contributed by atoms with Crippen LogP contribution in [0.1, 0.15) is 92.2 Å². The molecular weight excluding hydrogens is 563 g/mol. The maximum atomic E-state index is 11.6. The number of carbonyl (C=O) groups is 1. The SMILES string of the molecule is CCCC(CCC)c1ccc(OCc2ccc(-c3csc(CN(CC(=O)O)Cc4ncc(C(C)(C)C)s4)n3)cc2)cc1. The first-order valence-electron chi connectivity index (χ1n) is 14.8. The normalized spacial score (nSPS) is 11.9. The topological polar surface area (TPSA) is 75.5 Å². The molecule has 0 spiro atoms. The fourth-order valence-electron chi connectivity index (χ4n) is 4.94. The third-order valence-electron chi connectivity index (χ3n) is 7.20. The van der Waals surface area contributed by atoms with Crippen molar-refractivity contribution in [2.45, 2.75) is 91.3 Å². The molecule has 2 heterocycles. The lowest BCUT2D eigenvalue weighted by Crippen LogP contribution is -2.28. The number of hydrogen-bond acceptors (Lipinski definition) is 7. The lowest BCUT2D eigenvalue weighted by Gasteiger charge is -2.18. The Morgan fingerprint density at radius 1 is 0.976 bits per heavy atom. The number of thiazole rings is 2. The van der Waals surface area contributed by atoms with Crippen molar-refractivity contribution < 1.29 is 14.6 Å². The van der Waals surface area contributed by atoms with Gasteiger partial charge < -0.3 is 9.84 Å². The van der Waals surface area contributed by atoms with Gasteiger partial charge in [-0.25, -0.2) is 9.97 Å². The molecular formula is C34H43N3O3S2. The van der Waals surface area contributed by atoms with Gasteiger partial charge in [0, 0.05) is 22.0 Å². The van der Waals surface area contributed by atoms with Gasteiger partial charge in [0.15, 0.2) is 0 Å². The second kappa shape index (κ2) is 14.9. The number of carboxylic acids is 1. The van der Waals surface area contributed by atoms with E-state index in [1.807, 2.05) is 16.5 Å². The Kier molecular flexibility index (Phi) is 11.3. The van der Waals surface area contributed by atoms with Crippen molar-refractivity contribution in [1.29, 1.82) is 0 Å². The van der Waals surface area contributed by atoms with E-state index in [0.29, 0.717) is 25.6 Å². The number of ether oxygens (including phenoxy) is 1. The molecule has 0 unspecified atom stereocenters. The van der Waals surface area contributed by atoms with Crippen LogP contribution in [-0.4, -0.2) is 32.5 Å². The van der Waals surface area contributed by atoms with E-state index in [2.05, 4.69) is 88.1 Å². The predicted octanol–water partition coefficient (Wildman–Crippen LogP) is 8.91. The summed E-state index contributed by atoms with van der Waals surface area (Å²) in [6.45, 7) is 12.4. The van der Waals surface area contributed by atoms with Crippen LogP contribution in [0.4, 0.5) is 0 Å². The summed E-state index contributed by atoms with van der Waals surface area (Å²) < 4.78 is 6.07. The summed E-state index contributed by atoms with van der Waals surface area (Å²) in [5.41, 5.74) is 4.45. The minimum atomic E-state index is -0.856. The Hall–Kier alpha value is -3.07. The lowest BCUT2D eigenvalue weighted by atomic mass is 9.90. The van der Waals surface area contributed by atoms with Crippen LogP contribution in [0.15, 0.2) is 60.1 Å². The van der Waals surface area contributed by atoms with Crippen LogP contribution in [0.5, 0.6) is 5.75 Å². The Balaban J connectivity index is 1.34. The van der Waals surface area contributed by atoms with Gasteiger partial charge in [-0.05, 0) is 47.4 Å². The van der Waals surface area contributed by atoms with Crippen LogP contribution in [0, 0.1) is 0 Å². The van der Waals surface area contributed by atoms with Crippen LogP contribution in [0.3, 0.4) is 0 Å². The van der Waals surface area contributed by atoms with Gasteiger partial charge >= 0.3 is 5.97 Å². The van der Waals surface area contributed by atoms with Gasteiger partial charge in [-0.15, -0.1) is 22.7 Å². The van der Waals surface area contributed by atoms with E-state index in [4.69, 9.17) is 9.72 Å². The van der Waals surface area contributed by atoms with Crippen LogP contribution >= 0.6 is 22.7 Å². The van der Waals surface area contributed by atoms with Crippen LogP contribution in [-0.2, 0) is 29.9 Å². The summed E-state index contributed by atoms with van der Waals surface area (Å²) in [6.07, 6.45) is 6.77. The zero-order valence-corrected chi connectivity index (χ0v) is 27.1. The van der Waals surface area contributed by atoms with E-state index >= 15 is 0 Å². The number of hydrogen-bond donors (Lipinski definition) is 1. The number of carboxylic acid groups (broad SMARTS) is 1. The Morgan fingerprint density at radius 2 is 1.64 bits per heavy atom. The van der Waals surface area contributed by atoms with Crippen LogP contribution < -0.4 is 4.74 Å². The van der Waals surface area contributed by atoms with Gasteiger partial charge in [0.2, 0.25) is 0 Å². The van der Waals surface area contributed by atoms with E-state index in [0.717, 1.165) is 32.6 Å². The number of aromatic nitrogens is 2. The highest BCUT2D eigenvalue weighted by Gasteiger charge is 2.20. The monoisotopic (exact) mass is 605 g/mol. The molecule has 0 bridgehead atoms. The average Bonchev–Trinajstić information content (AvgIpc) is 3.62. The van der Waals surface area contributed by atoms with Gasteiger partial charge in [0.1, 0.15) is 22.4 Å². The fourth-order valence-corrected chi connectivity index (χ4v) is 6.80. The number of aliphatic carboxylic acids is 1. The summed E-state index contributed by atoms with van der Waals surface area (Å²) >= 11 is 3.20.